The summed E-state index contributed by atoms with van der Waals surface area (Å²) in [5.74, 6) is 1.06. The fraction of sp³-hybridized carbons (Fsp3) is 0.500. The van der Waals surface area contributed by atoms with Gasteiger partial charge in [0.15, 0.2) is 0 Å². The highest BCUT2D eigenvalue weighted by molar-refractivity contribution is 5.69. The topological polar surface area (TPSA) is 26.3 Å². The molecule has 16 heavy (non-hydrogen) atoms. The molecule has 0 N–H and O–H groups in total. The van der Waals surface area contributed by atoms with Crippen molar-refractivity contribution in [3.8, 4) is 0 Å². The first-order chi connectivity index (χ1) is 7.72. The van der Waals surface area contributed by atoms with Gasteiger partial charge in [0, 0.05) is 6.42 Å². The normalized spacial score (nSPS) is 22.9. The fourth-order valence-corrected chi connectivity index (χ4v) is 2.69. The Morgan fingerprint density at radius 1 is 1.44 bits per heavy atom. The van der Waals surface area contributed by atoms with E-state index < -0.39 is 0 Å². The number of rotatable bonds is 3. The molecule has 0 bridgehead atoms. The second kappa shape index (κ2) is 4.69. The van der Waals surface area contributed by atoms with Gasteiger partial charge in [-0.25, -0.2) is 0 Å². The maximum Gasteiger partial charge on any atom is 0.305 e. The molecule has 2 atom stereocenters. The molecule has 1 aromatic rings. The molecule has 0 saturated heterocycles. The first-order valence-corrected chi connectivity index (χ1v) is 5.87. The predicted octanol–water partition coefficient (Wildman–Crippen LogP) is 2.92. The second-order valence-corrected chi connectivity index (χ2v) is 4.60. The minimum absolute atomic E-state index is 0.100. The Labute approximate surface area is 96.6 Å². The van der Waals surface area contributed by atoms with Crippen molar-refractivity contribution < 1.29 is 9.53 Å². The maximum absolute atomic E-state index is 11.2. The molecule has 2 nitrogen and oxygen atoms in total. The molecule has 86 valence electrons. The smallest absolute Gasteiger partial charge is 0.305 e. The minimum atomic E-state index is -0.100. The molecular weight excluding hydrogens is 200 g/mol. The Morgan fingerprint density at radius 2 is 2.19 bits per heavy atom. The fourth-order valence-electron chi connectivity index (χ4n) is 2.69. The molecule has 2 rings (SSSR count). The van der Waals surface area contributed by atoms with Crippen LogP contribution in [0.2, 0.25) is 0 Å². The lowest BCUT2D eigenvalue weighted by Crippen LogP contribution is -2.08. The molecular formula is C14H18O2. The van der Waals surface area contributed by atoms with E-state index in [2.05, 4.69) is 31.2 Å². The molecule has 0 aliphatic heterocycles. The van der Waals surface area contributed by atoms with Gasteiger partial charge in [-0.2, -0.15) is 0 Å². The number of carbonyl (C=O) groups excluding carboxylic acids is 1. The number of methoxy groups -OCH3 is 1. The molecule has 0 radical (unpaired) electrons. The zero-order chi connectivity index (χ0) is 11.5. The first kappa shape index (κ1) is 11.2. The van der Waals surface area contributed by atoms with Crippen molar-refractivity contribution in [3.63, 3.8) is 0 Å². The highest BCUT2D eigenvalue weighted by atomic mass is 16.5. The van der Waals surface area contributed by atoms with Gasteiger partial charge in [-0.05, 0) is 35.8 Å². The molecule has 0 spiro atoms. The first-order valence-electron chi connectivity index (χ1n) is 5.87. The summed E-state index contributed by atoms with van der Waals surface area (Å²) in [6, 6.07) is 8.57. The van der Waals surface area contributed by atoms with Crippen LogP contribution >= 0.6 is 0 Å². The molecule has 1 aliphatic rings. The van der Waals surface area contributed by atoms with Crippen LogP contribution in [0, 0.1) is 5.92 Å². The number of hydrogen-bond acceptors (Lipinski definition) is 2. The van der Waals surface area contributed by atoms with Crippen molar-refractivity contribution in [1.29, 1.82) is 0 Å². The van der Waals surface area contributed by atoms with Gasteiger partial charge >= 0.3 is 5.97 Å². The maximum atomic E-state index is 11.2. The molecule has 0 saturated carbocycles. The van der Waals surface area contributed by atoms with Crippen LogP contribution in [0.3, 0.4) is 0 Å². The second-order valence-electron chi connectivity index (χ2n) is 4.60. The van der Waals surface area contributed by atoms with Gasteiger partial charge in [-0.3, -0.25) is 4.79 Å². The van der Waals surface area contributed by atoms with Crippen molar-refractivity contribution in [2.45, 2.75) is 32.1 Å². The summed E-state index contributed by atoms with van der Waals surface area (Å²) in [5, 5.41) is 0. The van der Waals surface area contributed by atoms with Gasteiger partial charge in [0.05, 0.1) is 7.11 Å². The average Bonchev–Trinajstić information content (AvgIpc) is 2.62. The van der Waals surface area contributed by atoms with Crippen molar-refractivity contribution in [1.82, 2.24) is 0 Å². The molecule has 0 heterocycles. The highest BCUT2D eigenvalue weighted by Gasteiger charge is 2.28. The van der Waals surface area contributed by atoms with Gasteiger partial charge in [-0.1, -0.05) is 31.2 Å². The molecule has 0 aromatic heterocycles. The van der Waals surface area contributed by atoms with E-state index in [9.17, 15) is 4.79 Å². The van der Waals surface area contributed by atoms with E-state index >= 15 is 0 Å². The Bertz CT molecular complexity index is 384. The number of esters is 1. The Morgan fingerprint density at radius 3 is 2.94 bits per heavy atom. The third kappa shape index (κ3) is 2.11. The van der Waals surface area contributed by atoms with Gasteiger partial charge in [0.2, 0.25) is 0 Å². The lowest BCUT2D eigenvalue weighted by atomic mass is 9.90. The number of carbonyl (C=O) groups is 1. The molecule has 1 aliphatic carbocycles. The molecule has 0 amide bonds. The van der Waals surface area contributed by atoms with Crippen LogP contribution in [0.5, 0.6) is 0 Å². The number of benzene rings is 1. The summed E-state index contributed by atoms with van der Waals surface area (Å²) in [4.78, 5) is 11.2. The van der Waals surface area contributed by atoms with Crippen LogP contribution in [0.4, 0.5) is 0 Å². The lowest BCUT2D eigenvalue weighted by Gasteiger charge is -2.15. The number of hydrogen-bond donors (Lipinski definition) is 0. The van der Waals surface area contributed by atoms with Gasteiger partial charge in [0.1, 0.15) is 0 Å². The summed E-state index contributed by atoms with van der Waals surface area (Å²) in [6.07, 6.45) is 2.58. The van der Waals surface area contributed by atoms with Crippen molar-refractivity contribution >= 4 is 5.97 Å². The summed E-state index contributed by atoms with van der Waals surface area (Å²) in [7, 11) is 1.45. The molecule has 2 heteroatoms. The Balaban J connectivity index is 2.07. The van der Waals surface area contributed by atoms with E-state index in [1.807, 2.05) is 0 Å². The highest BCUT2D eigenvalue weighted by Crippen LogP contribution is 2.40. The standard InChI is InChI=1S/C14H18O2/c1-10-9-11-5-3-4-6-13(11)12(10)7-8-14(15)16-2/h3-6,10,12H,7-9H2,1-2H3/t10-,12+/m1/s1. The van der Waals surface area contributed by atoms with Crippen LogP contribution in [-0.2, 0) is 16.0 Å². The van der Waals surface area contributed by atoms with Gasteiger partial charge < -0.3 is 4.74 Å². The van der Waals surface area contributed by atoms with Crippen LogP contribution in [0.1, 0.15) is 36.8 Å². The summed E-state index contributed by atoms with van der Waals surface area (Å²) >= 11 is 0. The van der Waals surface area contributed by atoms with Gasteiger partial charge in [0.25, 0.3) is 0 Å². The van der Waals surface area contributed by atoms with Gasteiger partial charge in [-0.15, -0.1) is 0 Å². The van der Waals surface area contributed by atoms with E-state index in [1.165, 1.54) is 18.2 Å². The Kier molecular flexibility index (Phi) is 3.28. The van der Waals surface area contributed by atoms with Crippen molar-refractivity contribution in [3.05, 3.63) is 35.4 Å². The summed E-state index contributed by atoms with van der Waals surface area (Å²) in [6.45, 7) is 2.27. The summed E-state index contributed by atoms with van der Waals surface area (Å²) in [5.41, 5.74) is 2.88. The lowest BCUT2D eigenvalue weighted by molar-refractivity contribution is -0.140. The van der Waals surface area contributed by atoms with E-state index in [4.69, 9.17) is 4.74 Å². The average molecular weight is 218 g/mol. The van der Waals surface area contributed by atoms with Crippen LogP contribution in [-0.4, -0.2) is 13.1 Å². The molecule has 0 unspecified atom stereocenters. The zero-order valence-corrected chi connectivity index (χ0v) is 9.90. The minimum Gasteiger partial charge on any atom is -0.469 e. The van der Waals surface area contributed by atoms with E-state index in [0.717, 1.165) is 12.8 Å². The number of ether oxygens (including phenoxy) is 1. The van der Waals surface area contributed by atoms with E-state index in [0.29, 0.717) is 18.3 Å². The van der Waals surface area contributed by atoms with Crippen LogP contribution in [0.15, 0.2) is 24.3 Å². The summed E-state index contributed by atoms with van der Waals surface area (Å²) < 4.78 is 4.69. The van der Waals surface area contributed by atoms with Crippen LogP contribution < -0.4 is 0 Å². The van der Waals surface area contributed by atoms with E-state index in [-0.39, 0.29) is 5.97 Å². The van der Waals surface area contributed by atoms with Crippen molar-refractivity contribution in [2.24, 2.45) is 5.92 Å². The molecule has 0 fully saturated rings. The quantitative estimate of drug-likeness (QED) is 0.729. The largest absolute Gasteiger partial charge is 0.469 e. The Hall–Kier alpha value is -1.31. The van der Waals surface area contributed by atoms with Crippen molar-refractivity contribution in [2.75, 3.05) is 7.11 Å². The monoisotopic (exact) mass is 218 g/mol. The third-order valence-electron chi connectivity index (χ3n) is 3.57. The molecule has 1 aromatic carbocycles. The van der Waals surface area contributed by atoms with E-state index in [1.54, 1.807) is 0 Å². The SMILES string of the molecule is COC(=O)CC[C@@H]1c2ccccc2C[C@H]1C. The predicted molar refractivity (Wildman–Crippen MR) is 63.3 cm³/mol. The van der Waals surface area contributed by atoms with Crippen LogP contribution in [0.25, 0.3) is 0 Å². The third-order valence-corrected chi connectivity index (χ3v) is 3.57. The zero-order valence-electron chi connectivity index (χ0n) is 9.90. The number of fused-ring (bicyclic) bond motifs is 1.